The van der Waals surface area contributed by atoms with Gasteiger partial charge in [-0.05, 0) is 19.3 Å². The van der Waals surface area contributed by atoms with Gasteiger partial charge < -0.3 is 65.1 Å². The molecule has 2 fully saturated rings. The molecule has 2 heterocycles. The Balaban J connectivity index is 1.93. The fourth-order valence-corrected chi connectivity index (χ4v) is 7.29. The second-order valence-electron chi connectivity index (χ2n) is 15.8. The number of carbonyl (C=O) groups excluding carboxylic acids is 1. The smallest absolute Gasteiger partial charge is 0.220 e. The average Bonchev–Trinajstić information content (AvgIpc) is 3.19. The lowest BCUT2D eigenvalue weighted by Gasteiger charge is -2.46. The molecule has 2 rings (SSSR count). The van der Waals surface area contributed by atoms with Gasteiger partial charge >= 0.3 is 0 Å². The Kier molecular flexibility index (Phi) is 27.9. The normalized spacial score (nSPS) is 29.5. The second-order valence-corrected chi connectivity index (χ2v) is 15.8. The number of unbranched alkanes of at least 4 members (excludes halogenated alkanes) is 19. The van der Waals surface area contributed by atoms with Crippen molar-refractivity contribution >= 4 is 5.91 Å². The van der Waals surface area contributed by atoms with Crippen molar-refractivity contribution in [3.05, 3.63) is 12.2 Å². The van der Waals surface area contributed by atoms with Crippen LogP contribution in [0, 0.1) is 0 Å². The number of nitrogens with one attached hydrogen (secondary N) is 1. The van der Waals surface area contributed by atoms with E-state index in [4.69, 9.17) is 18.9 Å². The Morgan fingerprint density at radius 3 is 1.64 bits per heavy atom. The van der Waals surface area contributed by atoms with Crippen LogP contribution in [-0.4, -0.2) is 140 Å². The van der Waals surface area contributed by atoms with Crippen LogP contribution in [0.15, 0.2) is 12.2 Å². The number of aliphatic hydroxyl groups is 8. The second kappa shape index (κ2) is 30.7. The maximum absolute atomic E-state index is 13.0. The van der Waals surface area contributed by atoms with Gasteiger partial charge in [-0.15, -0.1) is 0 Å². The fraction of sp³-hybridized carbons (Fsp3) is 0.929. The van der Waals surface area contributed by atoms with E-state index in [0.29, 0.717) is 6.42 Å². The molecular weight excluding hydrogens is 726 g/mol. The highest BCUT2D eigenvalue weighted by Crippen LogP contribution is 2.30. The Hall–Kier alpha value is -1.27. The van der Waals surface area contributed by atoms with Crippen molar-refractivity contribution in [1.29, 1.82) is 0 Å². The molecule has 1 amide bonds. The zero-order valence-electron chi connectivity index (χ0n) is 34.4. The number of hydrogen-bond acceptors (Lipinski definition) is 13. The summed E-state index contributed by atoms with van der Waals surface area (Å²) in [6.07, 6.45) is 11.3. The van der Waals surface area contributed by atoms with Gasteiger partial charge in [-0.2, -0.15) is 0 Å². The molecule has 0 unspecified atom stereocenters. The molecule has 14 heteroatoms. The number of rotatable bonds is 32. The summed E-state index contributed by atoms with van der Waals surface area (Å²) in [6.45, 7) is 2.72. The van der Waals surface area contributed by atoms with Crippen molar-refractivity contribution in [2.24, 2.45) is 0 Å². The molecule has 330 valence electrons. The van der Waals surface area contributed by atoms with E-state index in [1.54, 1.807) is 6.08 Å². The minimum Gasteiger partial charge on any atom is -0.394 e. The topological polar surface area (TPSA) is 228 Å². The number of ether oxygens (including phenoxy) is 4. The first-order valence-electron chi connectivity index (χ1n) is 21.9. The highest BCUT2D eigenvalue weighted by atomic mass is 16.7. The molecule has 0 aromatic rings. The van der Waals surface area contributed by atoms with E-state index in [9.17, 15) is 45.6 Å². The highest BCUT2D eigenvalue weighted by molar-refractivity contribution is 5.76. The van der Waals surface area contributed by atoms with Crippen LogP contribution in [0.3, 0.4) is 0 Å². The molecule has 0 aromatic heterocycles. The van der Waals surface area contributed by atoms with Gasteiger partial charge in [-0.3, -0.25) is 4.79 Å². The molecule has 14 nitrogen and oxygen atoms in total. The summed E-state index contributed by atoms with van der Waals surface area (Å²) in [5.74, 6) is -0.245. The van der Waals surface area contributed by atoms with Crippen LogP contribution in [-0.2, 0) is 23.7 Å². The third-order valence-electron chi connectivity index (χ3n) is 11.0. The monoisotopic (exact) mass is 806 g/mol. The molecule has 0 radical (unpaired) electrons. The Morgan fingerprint density at radius 2 is 1.11 bits per heavy atom. The van der Waals surface area contributed by atoms with Gasteiger partial charge in [0.2, 0.25) is 5.91 Å². The molecule has 0 aliphatic carbocycles. The molecule has 0 saturated carbocycles. The molecule has 56 heavy (non-hydrogen) atoms. The van der Waals surface area contributed by atoms with Crippen LogP contribution in [0.5, 0.6) is 0 Å². The van der Waals surface area contributed by atoms with E-state index in [1.807, 2.05) is 6.08 Å². The summed E-state index contributed by atoms with van der Waals surface area (Å²) in [5, 5.41) is 86.2. The molecule has 0 spiro atoms. The predicted octanol–water partition coefficient (Wildman–Crippen LogP) is 3.65. The third kappa shape index (κ3) is 19.2. The predicted molar refractivity (Wildman–Crippen MR) is 212 cm³/mol. The van der Waals surface area contributed by atoms with Gasteiger partial charge in [0.1, 0.15) is 48.8 Å². The van der Waals surface area contributed by atoms with Gasteiger partial charge in [0.15, 0.2) is 12.6 Å². The first-order valence-corrected chi connectivity index (χ1v) is 21.9. The molecule has 2 aliphatic rings. The summed E-state index contributed by atoms with van der Waals surface area (Å²) in [6, 6.07) is -0.904. The summed E-state index contributed by atoms with van der Waals surface area (Å²) < 4.78 is 22.6. The maximum Gasteiger partial charge on any atom is 0.220 e. The lowest BCUT2D eigenvalue weighted by molar-refractivity contribution is -0.359. The van der Waals surface area contributed by atoms with Gasteiger partial charge in [0, 0.05) is 6.42 Å². The van der Waals surface area contributed by atoms with Crippen LogP contribution >= 0.6 is 0 Å². The van der Waals surface area contributed by atoms with Crippen LogP contribution in [0.4, 0.5) is 0 Å². The zero-order chi connectivity index (χ0) is 41.1. The van der Waals surface area contributed by atoms with Crippen molar-refractivity contribution in [3.63, 3.8) is 0 Å². The number of hydrogen-bond donors (Lipinski definition) is 9. The Labute approximate surface area is 336 Å². The van der Waals surface area contributed by atoms with Crippen molar-refractivity contribution in [1.82, 2.24) is 5.32 Å². The van der Waals surface area contributed by atoms with Gasteiger partial charge in [0.25, 0.3) is 0 Å². The van der Waals surface area contributed by atoms with E-state index in [1.165, 1.54) is 89.9 Å². The largest absolute Gasteiger partial charge is 0.394 e. The SMILES string of the molecule is CCCCCCCCCCCCC/C=C/[C@@H](O)[C@H](CO[C@@H]1O[C@H](CO)[C@@H](O[C@@H]2O[C@H](CO)[C@H](O)[C@H](O)[C@H]2O)[C@H](O)[C@H]1O)NC(=O)CCCCCCCCCCC. The first kappa shape index (κ1) is 50.9. The standard InChI is InChI=1S/C42H79NO13/c1-3-5-7-9-11-13-14-15-16-18-19-21-23-25-31(46)30(43-34(47)26-24-22-20-17-12-10-8-6-4-2)29-53-41-39(52)37(50)40(33(28-45)55-41)56-42-38(51)36(49)35(48)32(27-44)54-42/h23,25,30-33,35-42,44-46,48-52H,3-22,24,26-29H2,1-2H3,(H,43,47)/b25-23+/t30-,31+,32+,33+,35-,36-,37+,38+,39+,40+,41+,42-/m0/s1. The summed E-state index contributed by atoms with van der Waals surface area (Å²) in [7, 11) is 0. The third-order valence-corrected chi connectivity index (χ3v) is 11.0. The van der Waals surface area contributed by atoms with Crippen molar-refractivity contribution < 1.29 is 64.6 Å². The van der Waals surface area contributed by atoms with E-state index in [0.717, 1.165) is 38.5 Å². The Bertz CT molecular complexity index is 1000. The van der Waals surface area contributed by atoms with Crippen LogP contribution in [0.2, 0.25) is 0 Å². The molecule has 0 aromatic carbocycles. The van der Waals surface area contributed by atoms with Gasteiger partial charge in [0.05, 0.1) is 32.0 Å². The molecule has 9 N–H and O–H groups in total. The van der Waals surface area contributed by atoms with Gasteiger partial charge in [-0.1, -0.05) is 142 Å². The van der Waals surface area contributed by atoms with Crippen molar-refractivity contribution in [3.8, 4) is 0 Å². The number of amides is 1. The number of aliphatic hydroxyl groups excluding tert-OH is 8. The van der Waals surface area contributed by atoms with E-state index < -0.39 is 86.8 Å². The summed E-state index contributed by atoms with van der Waals surface area (Å²) in [5.41, 5.74) is 0. The highest BCUT2D eigenvalue weighted by Gasteiger charge is 2.50. The molecular formula is C42H79NO13. The minimum atomic E-state index is -1.78. The average molecular weight is 806 g/mol. The van der Waals surface area contributed by atoms with Crippen LogP contribution in [0.25, 0.3) is 0 Å². The summed E-state index contributed by atoms with van der Waals surface area (Å²) in [4.78, 5) is 13.0. The molecule has 0 bridgehead atoms. The van der Waals surface area contributed by atoms with Crippen molar-refractivity contribution in [2.45, 2.75) is 229 Å². The maximum atomic E-state index is 13.0. The van der Waals surface area contributed by atoms with Gasteiger partial charge in [-0.25, -0.2) is 0 Å². The first-order chi connectivity index (χ1) is 27.1. The van der Waals surface area contributed by atoms with Crippen molar-refractivity contribution in [2.75, 3.05) is 19.8 Å². The lowest BCUT2D eigenvalue weighted by atomic mass is 9.97. The quantitative estimate of drug-likeness (QED) is 0.0350. The number of carbonyl (C=O) groups is 1. The van der Waals surface area contributed by atoms with E-state index >= 15 is 0 Å². The number of allylic oxidation sites excluding steroid dienone is 1. The molecule has 2 saturated heterocycles. The zero-order valence-corrected chi connectivity index (χ0v) is 34.4. The molecule has 2 aliphatic heterocycles. The van der Waals surface area contributed by atoms with E-state index in [2.05, 4.69) is 19.2 Å². The molecule has 12 atom stereocenters. The lowest BCUT2D eigenvalue weighted by Crippen LogP contribution is -2.65. The Morgan fingerprint density at radius 1 is 0.625 bits per heavy atom. The minimum absolute atomic E-state index is 0.245. The van der Waals surface area contributed by atoms with E-state index in [-0.39, 0.29) is 18.9 Å². The van der Waals surface area contributed by atoms with Crippen LogP contribution < -0.4 is 5.32 Å². The summed E-state index contributed by atoms with van der Waals surface area (Å²) >= 11 is 0. The fourth-order valence-electron chi connectivity index (χ4n) is 7.29. The van der Waals surface area contributed by atoms with Crippen LogP contribution in [0.1, 0.15) is 155 Å².